The Balaban J connectivity index is 1.90. The largest absolute Gasteiger partial charge is 0.444 e. The van der Waals surface area contributed by atoms with Crippen molar-refractivity contribution in [2.45, 2.75) is 39.5 Å². The van der Waals surface area contributed by atoms with E-state index in [2.05, 4.69) is 29.2 Å². The quantitative estimate of drug-likeness (QED) is 0.653. The molecule has 2 aromatic carbocycles. The highest BCUT2D eigenvalue weighted by Crippen LogP contribution is 2.22. The number of fused-ring (bicyclic) bond motifs is 1. The Morgan fingerprint density at radius 2 is 1.69 bits per heavy atom. The lowest BCUT2D eigenvalue weighted by Crippen LogP contribution is -2.36. The number of aromatic nitrogens is 1. The number of amides is 1. The third kappa shape index (κ3) is 4.60. The average Bonchev–Trinajstić information content (AvgIpc) is 2.61. The van der Waals surface area contributed by atoms with Crippen LogP contribution in [0.3, 0.4) is 0 Å². The molecule has 3 aromatic rings. The number of rotatable bonds is 4. The van der Waals surface area contributed by atoms with Crippen molar-refractivity contribution in [3.8, 4) is 0 Å². The molecule has 3 rings (SSSR count). The molecule has 0 aliphatic carbocycles. The van der Waals surface area contributed by atoms with E-state index in [1.165, 1.54) is 0 Å². The van der Waals surface area contributed by atoms with Gasteiger partial charge >= 0.3 is 6.09 Å². The van der Waals surface area contributed by atoms with Crippen LogP contribution in [-0.2, 0) is 17.8 Å². The number of nitrogens with zero attached hydrogens (tertiary/aromatic N) is 2. The zero-order valence-electron chi connectivity index (χ0n) is 15.5. The maximum atomic E-state index is 12.8. The summed E-state index contributed by atoms with van der Waals surface area (Å²) in [5.41, 5.74) is 1.38. The highest BCUT2D eigenvalue weighted by Gasteiger charge is 2.23. The van der Waals surface area contributed by atoms with Crippen LogP contribution < -0.4 is 0 Å². The zero-order chi connectivity index (χ0) is 18.6. The fraction of sp³-hybridized carbons (Fsp3) is 0.273. The molecule has 0 atom stereocenters. The normalized spacial score (nSPS) is 11.3. The first kappa shape index (κ1) is 17.9. The molecule has 0 saturated heterocycles. The van der Waals surface area contributed by atoms with E-state index in [-0.39, 0.29) is 6.09 Å². The lowest BCUT2D eigenvalue weighted by atomic mass is 10.0. The molecule has 0 N–H and O–H groups in total. The number of hydrogen-bond donors (Lipinski definition) is 0. The highest BCUT2D eigenvalue weighted by molar-refractivity contribution is 5.86. The fourth-order valence-corrected chi connectivity index (χ4v) is 2.83. The lowest BCUT2D eigenvalue weighted by molar-refractivity contribution is 0.0215. The molecule has 0 aliphatic heterocycles. The topological polar surface area (TPSA) is 42.4 Å². The van der Waals surface area contributed by atoms with Crippen molar-refractivity contribution in [1.29, 1.82) is 0 Å². The Morgan fingerprint density at radius 3 is 2.42 bits per heavy atom. The fourth-order valence-electron chi connectivity index (χ4n) is 2.83. The molecule has 4 nitrogen and oxygen atoms in total. The zero-order valence-corrected chi connectivity index (χ0v) is 15.5. The molecule has 26 heavy (non-hydrogen) atoms. The molecule has 1 aromatic heterocycles. The van der Waals surface area contributed by atoms with Crippen LogP contribution in [-0.4, -0.2) is 21.6 Å². The summed E-state index contributed by atoms with van der Waals surface area (Å²) < 4.78 is 5.62. The SMILES string of the molecule is CC(C)(C)OC(=O)N(Cc1ccccn1)Cc1cccc2ccccc12. The first-order valence-corrected chi connectivity index (χ1v) is 8.77. The molecular formula is C22H24N2O2. The van der Waals surface area contributed by atoms with Crippen LogP contribution in [0.15, 0.2) is 66.9 Å². The first-order chi connectivity index (χ1) is 12.4. The van der Waals surface area contributed by atoms with Gasteiger partial charge in [-0.05, 0) is 49.2 Å². The van der Waals surface area contributed by atoms with Gasteiger partial charge in [0.1, 0.15) is 5.60 Å². The van der Waals surface area contributed by atoms with Crippen LogP contribution in [0.4, 0.5) is 4.79 Å². The van der Waals surface area contributed by atoms with Gasteiger partial charge in [-0.25, -0.2) is 4.79 Å². The van der Waals surface area contributed by atoms with Gasteiger partial charge in [-0.15, -0.1) is 0 Å². The molecule has 0 bridgehead atoms. The molecule has 0 aliphatic rings. The molecule has 134 valence electrons. The Labute approximate surface area is 154 Å². The van der Waals surface area contributed by atoms with Crippen molar-refractivity contribution in [3.05, 3.63) is 78.1 Å². The van der Waals surface area contributed by atoms with Crippen LogP contribution >= 0.6 is 0 Å². The summed E-state index contributed by atoms with van der Waals surface area (Å²) in [4.78, 5) is 18.8. The van der Waals surface area contributed by atoms with Crippen LogP contribution in [0.1, 0.15) is 32.0 Å². The van der Waals surface area contributed by atoms with Crippen molar-refractivity contribution < 1.29 is 9.53 Å². The van der Waals surface area contributed by atoms with Gasteiger partial charge in [-0.3, -0.25) is 9.88 Å². The minimum Gasteiger partial charge on any atom is -0.444 e. The monoisotopic (exact) mass is 348 g/mol. The number of carbonyl (C=O) groups excluding carboxylic acids is 1. The summed E-state index contributed by atoms with van der Waals surface area (Å²) in [6.45, 7) is 6.50. The van der Waals surface area contributed by atoms with Gasteiger partial charge in [0.25, 0.3) is 0 Å². The smallest absolute Gasteiger partial charge is 0.410 e. The molecule has 0 radical (unpaired) electrons. The van der Waals surface area contributed by atoms with E-state index in [0.717, 1.165) is 22.0 Å². The van der Waals surface area contributed by atoms with Gasteiger partial charge in [0.15, 0.2) is 0 Å². The van der Waals surface area contributed by atoms with Crippen molar-refractivity contribution >= 4 is 16.9 Å². The summed E-state index contributed by atoms with van der Waals surface area (Å²) in [5, 5.41) is 2.30. The van der Waals surface area contributed by atoms with Gasteiger partial charge < -0.3 is 4.74 Å². The van der Waals surface area contributed by atoms with Gasteiger partial charge in [0.05, 0.1) is 18.8 Å². The van der Waals surface area contributed by atoms with Crippen LogP contribution in [0, 0.1) is 0 Å². The second-order valence-electron chi connectivity index (χ2n) is 7.30. The van der Waals surface area contributed by atoms with Gasteiger partial charge in [0, 0.05) is 6.20 Å². The number of hydrogen-bond acceptors (Lipinski definition) is 3. The van der Waals surface area contributed by atoms with E-state index in [1.807, 2.05) is 57.2 Å². The number of pyridine rings is 1. The number of ether oxygens (including phenoxy) is 1. The van der Waals surface area contributed by atoms with E-state index >= 15 is 0 Å². The van der Waals surface area contributed by atoms with Gasteiger partial charge in [0.2, 0.25) is 0 Å². The summed E-state index contributed by atoms with van der Waals surface area (Å²) in [6, 6.07) is 20.1. The van der Waals surface area contributed by atoms with Crippen LogP contribution in [0.25, 0.3) is 10.8 Å². The van der Waals surface area contributed by atoms with Crippen molar-refractivity contribution in [2.75, 3.05) is 0 Å². The molecule has 0 saturated carbocycles. The van der Waals surface area contributed by atoms with Crippen molar-refractivity contribution in [1.82, 2.24) is 9.88 Å². The predicted octanol–water partition coefficient (Wildman–Crippen LogP) is 5.17. The maximum absolute atomic E-state index is 12.8. The Hall–Kier alpha value is -2.88. The second-order valence-corrected chi connectivity index (χ2v) is 7.30. The molecule has 0 unspecified atom stereocenters. The highest BCUT2D eigenvalue weighted by atomic mass is 16.6. The summed E-state index contributed by atoms with van der Waals surface area (Å²) in [5.74, 6) is 0. The Morgan fingerprint density at radius 1 is 0.962 bits per heavy atom. The molecule has 1 amide bonds. The molecular weight excluding hydrogens is 324 g/mol. The van der Waals surface area contributed by atoms with E-state index < -0.39 is 5.60 Å². The molecule has 4 heteroatoms. The summed E-state index contributed by atoms with van der Waals surface area (Å²) >= 11 is 0. The Kier molecular flexibility index (Phi) is 5.21. The average molecular weight is 348 g/mol. The summed E-state index contributed by atoms with van der Waals surface area (Å²) in [6.07, 6.45) is 1.40. The van der Waals surface area contributed by atoms with Crippen LogP contribution in [0.2, 0.25) is 0 Å². The number of benzene rings is 2. The summed E-state index contributed by atoms with van der Waals surface area (Å²) in [7, 11) is 0. The molecule has 1 heterocycles. The van der Waals surface area contributed by atoms with E-state index in [1.54, 1.807) is 11.1 Å². The van der Waals surface area contributed by atoms with Crippen molar-refractivity contribution in [2.24, 2.45) is 0 Å². The third-order valence-corrected chi connectivity index (χ3v) is 3.97. The van der Waals surface area contributed by atoms with Crippen molar-refractivity contribution in [3.63, 3.8) is 0 Å². The second kappa shape index (κ2) is 7.56. The van der Waals surface area contributed by atoms with E-state index in [4.69, 9.17) is 4.74 Å². The van der Waals surface area contributed by atoms with Crippen LogP contribution in [0.5, 0.6) is 0 Å². The molecule has 0 spiro atoms. The van der Waals surface area contributed by atoms with E-state index in [0.29, 0.717) is 13.1 Å². The maximum Gasteiger partial charge on any atom is 0.410 e. The molecule has 0 fully saturated rings. The standard InChI is InChI=1S/C22H24N2O2/c1-22(2,3)26-21(25)24(16-19-12-6-7-14-23-19)15-18-11-8-10-17-9-4-5-13-20(17)18/h4-14H,15-16H2,1-3H3. The third-order valence-electron chi connectivity index (χ3n) is 3.97. The van der Waals surface area contributed by atoms with Gasteiger partial charge in [-0.2, -0.15) is 0 Å². The number of carbonyl (C=O) groups is 1. The minimum absolute atomic E-state index is 0.337. The first-order valence-electron chi connectivity index (χ1n) is 8.77. The minimum atomic E-state index is -0.543. The predicted molar refractivity (Wildman–Crippen MR) is 104 cm³/mol. The van der Waals surface area contributed by atoms with Gasteiger partial charge in [-0.1, -0.05) is 48.5 Å². The Bertz CT molecular complexity index is 880. The van der Waals surface area contributed by atoms with E-state index in [9.17, 15) is 4.79 Å². The lowest BCUT2D eigenvalue weighted by Gasteiger charge is -2.27.